The topological polar surface area (TPSA) is 79.3 Å². The Morgan fingerprint density at radius 1 is 1.53 bits per heavy atom. The summed E-state index contributed by atoms with van der Waals surface area (Å²) in [6.45, 7) is 2.30. The highest BCUT2D eigenvalue weighted by Gasteiger charge is 2.33. The summed E-state index contributed by atoms with van der Waals surface area (Å²) in [4.78, 5) is 3.96. The Morgan fingerprint density at radius 3 is 2.89 bits per heavy atom. The van der Waals surface area contributed by atoms with Gasteiger partial charge in [0.05, 0.1) is 0 Å². The first-order chi connectivity index (χ1) is 9.03. The van der Waals surface area contributed by atoms with Gasteiger partial charge in [0.25, 0.3) is 0 Å². The highest BCUT2D eigenvalue weighted by atomic mass is 32.2. The minimum Gasteiger partial charge on any atom is -0.384 e. The molecule has 1 saturated carbocycles. The van der Waals surface area contributed by atoms with Crippen molar-refractivity contribution in [3.8, 4) is 11.8 Å². The number of aliphatic hydroxyl groups is 1. The molecule has 1 aliphatic carbocycles. The maximum atomic E-state index is 12.0. The van der Waals surface area contributed by atoms with Gasteiger partial charge in [-0.05, 0) is 24.3 Å². The first-order valence-corrected chi connectivity index (χ1v) is 7.55. The van der Waals surface area contributed by atoms with Gasteiger partial charge < -0.3 is 5.11 Å². The van der Waals surface area contributed by atoms with Gasteiger partial charge in [0.1, 0.15) is 11.5 Å². The van der Waals surface area contributed by atoms with Crippen molar-refractivity contribution in [2.75, 3.05) is 13.2 Å². The molecule has 6 heteroatoms. The predicted molar refractivity (Wildman–Crippen MR) is 70.7 cm³/mol. The van der Waals surface area contributed by atoms with Crippen molar-refractivity contribution in [3.63, 3.8) is 0 Å². The van der Waals surface area contributed by atoms with E-state index >= 15 is 0 Å². The second-order valence-electron chi connectivity index (χ2n) is 4.69. The summed E-state index contributed by atoms with van der Waals surface area (Å²) in [5, 5.41) is 8.61. The van der Waals surface area contributed by atoms with Crippen LogP contribution in [0, 0.1) is 23.7 Å². The van der Waals surface area contributed by atoms with E-state index < -0.39 is 10.0 Å². The summed E-state index contributed by atoms with van der Waals surface area (Å²) in [5.74, 6) is 6.14. The second kappa shape index (κ2) is 5.70. The van der Waals surface area contributed by atoms with Gasteiger partial charge in [-0.1, -0.05) is 18.8 Å². The molecule has 0 amide bonds. The molecule has 1 aliphatic rings. The summed E-state index contributed by atoms with van der Waals surface area (Å²) in [5.41, 5.74) is 0.469. The molecule has 1 heterocycles. The van der Waals surface area contributed by atoms with Crippen molar-refractivity contribution in [1.29, 1.82) is 0 Å². The molecular weight excluding hydrogens is 264 g/mol. The lowest BCUT2D eigenvalue weighted by Gasteiger charge is -2.06. The van der Waals surface area contributed by atoms with Gasteiger partial charge in [-0.3, -0.25) is 4.98 Å². The monoisotopic (exact) mass is 280 g/mol. The van der Waals surface area contributed by atoms with E-state index in [1.165, 1.54) is 18.5 Å². The van der Waals surface area contributed by atoms with Crippen LogP contribution >= 0.6 is 0 Å². The molecule has 0 bridgehead atoms. The van der Waals surface area contributed by atoms with Gasteiger partial charge in [-0.2, -0.15) is 0 Å². The summed E-state index contributed by atoms with van der Waals surface area (Å²) < 4.78 is 26.7. The van der Waals surface area contributed by atoms with E-state index in [1.54, 1.807) is 0 Å². The highest BCUT2D eigenvalue weighted by molar-refractivity contribution is 7.89. The zero-order valence-corrected chi connectivity index (χ0v) is 11.4. The SMILES string of the molecule is CC1CC1CNS(=O)(=O)c1cncc(C#CCO)c1. The minimum atomic E-state index is -3.53. The van der Waals surface area contributed by atoms with Crippen LogP contribution in [0.15, 0.2) is 23.4 Å². The zero-order valence-electron chi connectivity index (χ0n) is 10.6. The smallest absolute Gasteiger partial charge is 0.242 e. The average molecular weight is 280 g/mol. The van der Waals surface area contributed by atoms with Crippen LogP contribution in [-0.2, 0) is 10.0 Å². The second-order valence-corrected chi connectivity index (χ2v) is 6.46. The first-order valence-electron chi connectivity index (χ1n) is 6.07. The van der Waals surface area contributed by atoms with Crippen LogP contribution in [0.2, 0.25) is 0 Å². The Kier molecular flexibility index (Phi) is 4.20. The van der Waals surface area contributed by atoms with E-state index in [9.17, 15) is 8.42 Å². The molecule has 0 spiro atoms. The molecule has 1 aromatic heterocycles. The van der Waals surface area contributed by atoms with Gasteiger partial charge in [-0.25, -0.2) is 13.1 Å². The number of rotatable bonds is 4. The van der Waals surface area contributed by atoms with E-state index in [4.69, 9.17) is 5.11 Å². The molecule has 0 aliphatic heterocycles. The van der Waals surface area contributed by atoms with Gasteiger partial charge in [-0.15, -0.1) is 0 Å². The lowest BCUT2D eigenvalue weighted by molar-refractivity contribution is 0.350. The van der Waals surface area contributed by atoms with Crippen LogP contribution in [0.5, 0.6) is 0 Å². The number of nitrogens with one attached hydrogen (secondary N) is 1. The molecule has 1 fully saturated rings. The van der Waals surface area contributed by atoms with Gasteiger partial charge in [0.2, 0.25) is 10.0 Å². The summed E-state index contributed by atoms with van der Waals surface area (Å²) in [6, 6.07) is 1.45. The maximum absolute atomic E-state index is 12.0. The van der Waals surface area contributed by atoms with E-state index in [0.717, 1.165) is 6.42 Å². The Balaban J connectivity index is 2.10. The van der Waals surface area contributed by atoms with Crippen molar-refractivity contribution in [2.24, 2.45) is 11.8 Å². The molecule has 2 rings (SSSR count). The molecule has 0 aromatic carbocycles. The van der Waals surface area contributed by atoms with Crippen molar-refractivity contribution in [1.82, 2.24) is 9.71 Å². The highest BCUT2D eigenvalue weighted by Crippen LogP contribution is 2.37. The molecule has 0 radical (unpaired) electrons. The third-order valence-corrected chi connectivity index (χ3v) is 4.54. The minimum absolute atomic E-state index is 0.102. The number of nitrogens with zero attached hydrogens (tertiary/aromatic N) is 1. The van der Waals surface area contributed by atoms with Crippen LogP contribution in [0.25, 0.3) is 0 Å². The van der Waals surface area contributed by atoms with E-state index in [-0.39, 0.29) is 11.5 Å². The Morgan fingerprint density at radius 2 is 2.26 bits per heavy atom. The van der Waals surface area contributed by atoms with Crippen LogP contribution < -0.4 is 4.72 Å². The number of sulfonamides is 1. The number of pyridine rings is 1. The summed E-state index contributed by atoms with van der Waals surface area (Å²) in [6.07, 6.45) is 3.83. The maximum Gasteiger partial charge on any atom is 0.242 e. The lowest BCUT2D eigenvalue weighted by Crippen LogP contribution is -2.26. The number of hydrogen-bond donors (Lipinski definition) is 2. The number of hydrogen-bond acceptors (Lipinski definition) is 4. The number of aliphatic hydroxyl groups excluding tert-OH is 1. The summed E-state index contributed by atoms with van der Waals surface area (Å²) in [7, 11) is -3.53. The standard InChI is InChI=1S/C13H16N2O3S/c1-10-5-12(10)8-15-19(17,18)13-6-11(3-2-4-16)7-14-9-13/h6-7,9-10,12,15-16H,4-5,8H2,1H3. The van der Waals surface area contributed by atoms with Crippen LogP contribution in [0.4, 0.5) is 0 Å². The first kappa shape index (κ1) is 14.0. The molecule has 5 nitrogen and oxygen atoms in total. The summed E-state index contributed by atoms with van der Waals surface area (Å²) >= 11 is 0. The molecule has 102 valence electrons. The zero-order chi connectivity index (χ0) is 13.9. The largest absolute Gasteiger partial charge is 0.384 e. The van der Waals surface area contributed by atoms with Gasteiger partial charge >= 0.3 is 0 Å². The average Bonchev–Trinajstić information content (AvgIpc) is 3.11. The van der Waals surface area contributed by atoms with E-state index in [1.807, 2.05) is 0 Å². The third-order valence-electron chi connectivity index (χ3n) is 3.15. The Labute approximate surface area is 113 Å². The fourth-order valence-corrected chi connectivity index (χ4v) is 2.84. The fraction of sp³-hybridized carbons (Fsp3) is 0.462. The molecular formula is C13H16N2O3S. The quantitative estimate of drug-likeness (QED) is 0.781. The Bertz CT molecular complexity index is 616. The van der Waals surface area contributed by atoms with Crippen LogP contribution in [0.3, 0.4) is 0 Å². The van der Waals surface area contributed by atoms with Gasteiger partial charge in [0.15, 0.2) is 0 Å². The molecule has 1 aromatic rings. The van der Waals surface area contributed by atoms with Crippen LogP contribution in [-0.4, -0.2) is 31.7 Å². The fourth-order valence-electron chi connectivity index (χ4n) is 1.76. The molecule has 2 atom stereocenters. The molecule has 2 unspecified atom stereocenters. The van der Waals surface area contributed by atoms with Gasteiger partial charge in [0, 0.05) is 24.5 Å². The van der Waals surface area contributed by atoms with Crippen molar-refractivity contribution in [3.05, 3.63) is 24.0 Å². The van der Waals surface area contributed by atoms with Crippen molar-refractivity contribution >= 4 is 10.0 Å². The van der Waals surface area contributed by atoms with Crippen LogP contribution in [0.1, 0.15) is 18.9 Å². The predicted octanol–water partition coefficient (Wildman–Crippen LogP) is 0.360. The van der Waals surface area contributed by atoms with Crippen molar-refractivity contribution in [2.45, 2.75) is 18.2 Å². The normalized spacial score (nSPS) is 21.6. The molecule has 2 N–H and O–H groups in total. The lowest BCUT2D eigenvalue weighted by atomic mass is 10.3. The Hall–Kier alpha value is -1.42. The van der Waals surface area contributed by atoms with Crippen molar-refractivity contribution < 1.29 is 13.5 Å². The number of aromatic nitrogens is 1. The van der Waals surface area contributed by atoms with E-state index in [2.05, 4.69) is 28.5 Å². The van der Waals surface area contributed by atoms with E-state index in [0.29, 0.717) is 23.9 Å². The third kappa shape index (κ3) is 3.77. The molecule has 19 heavy (non-hydrogen) atoms. The molecule has 0 saturated heterocycles.